The van der Waals surface area contributed by atoms with Crippen molar-refractivity contribution in [1.82, 2.24) is 10.3 Å². The van der Waals surface area contributed by atoms with Gasteiger partial charge >= 0.3 is 0 Å². The molecule has 9 heteroatoms. The monoisotopic (exact) mass is 462 g/mol. The Hall–Kier alpha value is -3.62. The molecule has 5 rings (SSSR count). The molecule has 2 aromatic rings. The van der Waals surface area contributed by atoms with Crippen molar-refractivity contribution >= 4 is 29.2 Å². The van der Waals surface area contributed by atoms with Crippen molar-refractivity contribution < 1.29 is 14.4 Å². The number of anilines is 2. The number of carbonyl (C=O) groups is 3. The van der Waals surface area contributed by atoms with Crippen LogP contribution in [0.15, 0.2) is 36.5 Å². The second kappa shape index (κ2) is 8.96. The molecule has 34 heavy (non-hydrogen) atoms. The highest BCUT2D eigenvalue weighted by Gasteiger charge is 2.41. The molecular weight excluding hydrogens is 432 g/mol. The van der Waals surface area contributed by atoms with Gasteiger partial charge in [0.15, 0.2) is 0 Å². The number of piperidine rings is 1. The van der Waals surface area contributed by atoms with Crippen molar-refractivity contribution in [1.29, 1.82) is 0 Å². The molecule has 2 saturated heterocycles. The number of nitrogens with zero attached hydrogens (tertiary/aromatic N) is 2. The summed E-state index contributed by atoms with van der Waals surface area (Å²) in [6, 6.07) is 9.54. The molecular formula is C25H30N6O3. The standard InChI is InChI=1S/C25H30N6O3/c26-23(32)15-5-9-22(28-13-15)31-18-6-7-19(31)12-17(11-18)30-25(34)14-4-8-20(24(27)33)21(10-14)29-16-2-1-3-16/h4-5,8-10,13,16-19,29H,1-3,6-7,11-12H2,(H2,26,32)(H2,27,33)(H,30,34)/t17?,18-,19+. The number of nitrogens with one attached hydrogen (secondary N) is 2. The van der Waals surface area contributed by atoms with E-state index in [2.05, 4.69) is 20.5 Å². The number of nitrogens with two attached hydrogens (primary N) is 2. The maximum Gasteiger partial charge on any atom is 0.251 e. The lowest BCUT2D eigenvalue weighted by molar-refractivity contribution is 0.0924. The van der Waals surface area contributed by atoms with Crippen molar-refractivity contribution in [2.75, 3.05) is 10.2 Å². The number of carbonyl (C=O) groups excluding carboxylic acids is 3. The molecule has 3 aliphatic rings. The minimum Gasteiger partial charge on any atom is -0.382 e. The van der Waals surface area contributed by atoms with Gasteiger partial charge in [-0.25, -0.2) is 4.98 Å². The van der Waals surface area contributed by atoms with Gasteiger partial charge < -0.3 is 27.0 Å². The molecule has 9 nitrogen and oxygen atoms in total. The molecule has 0 spiro atoms. The first kappa shape index (κ1) is 22.2. The predicted molar refractivity (Wildman–Crippen MR) is 129 cm³/mol. The summed E-state index contributed by atoms with van der Waals surface area (Å²) in [5.74, 6) is -0.293. The average molecular weight is 463 g/mol. The quantitative estimate of drug-likeness (QED) is 0.496. The minimum atomic E-state index is -0.504. The van der Waals surface area contributed by atoms with Crippen LogP contribution >= 0.6 is 0 Å². The molecule has 1 aliphatic carbocycles. The zero-order valence-corrected chi connectivity index (χ0v) is 19.0. The molecule has 3 fully saturated rings. The number of rotatable bonds is 7. The number of primary amides is 2. The van der Waals surface area contributed by atoms with Gasteiger partial charge in [-0.15, -0.1) is 0 Å². The van der Waals surface area contributed by atoms with Crippen LogP contribution in [-0.2, 0) is 0 Å². The molecule has 1 unspecified atom stereocenters. The second-order valence-corrected chi connectivity index (χ2v) is 9.60. The van der Waals surface area contributed by atoms with Gasteiger partial charge in [0.05, 0.1) is 11.1 Å². The Balaban J connectivity index is 1.26. The van der Waals surface area contributed by atoms with E-state index in [9.17, 15) is 14.4 Å². The SMILES string of the molecule is NC(=O)c1ccc(N2[C@@H]3CC[C@H]2CC(NC(=O)c2ccc(C(N)=O)c(NC4CCC4)c2)C3)nc1. The van der Waals surface area contributed by atoms with Crippen LogP contribution in [0.4, 0.5) is 11.5 Å². The van der Waals surface area contributed by atoms with E-state index in [0.717, 1.165) is 50.8 Å². The highest BCUT2D eigenvalue weighted by molar-refractivity contribution is 6.02. The van der Waals surface area contributed by atoms with Gasteiger partial charge in [0.1, 0.15) is 5.82 Å². The van der Waals surface area contributed by atoms with Crippen molar-refractivity contribution in [3.63, 3.8) is 0 Å². The van der Waals surface area contributed by atoms with Crippen LogP contribution < -0.4 is 27.0 Å². The first-order chi connectivity index (χ1) is 16.4. The molecule has 2 aliphatic heterocycles. The van der Waals surface area contributed by atoms with Crippen molar-refractivity contribution in [3.8, 4) is 0 Å². The maximum atomic E-state index is 13.1. The summed E-state index contributed by atoms with van der Waals surface area (Å²) in [7, 11) is 0. The molecule has 3 heterocycles. The Kier molecular flexibility index (Phi) is 5.85. The summed E-state index contributed by atoms with van der Waals surface area (Å²) >= 11 is 0. The fourth-order valence-electron chi connectivity index (χ4n) is 5.41. The molecule has 2 bridgehead atoms. The number of amides is 3. The fourth-order valence-corrected chi connectivity index (χ4v) is 5.41. The van der Waals surface area contributed by atoms with E-state index < -0.39 is 11.8 Å². The lowest BCUT2D eigenvalue weighted by atomic mass is 9.92. The van der Waals surface area contributed by atoms with Crippen LogP contribution in [0.3, 0.4) is 0 Å². The summed E-state index contributed by atoms with van der Waals surface area (Å²) in [5, 5.41) is 6.56. The Bertz CT molecular complexity index is 1100. The fraction of sp³-hybridized carbons (Fsp3) is 0.440. The average Bonchev–Trinajstić information content (AvgIpc) is 3.06. The third kappa shape index (κ3) is 4.30. The van der Waals surface area contributed by atoms with Gasteiger partial charge in [-0.05, 0) is 75.3 Å². The van der Waals surface area contributed by atoms with E-state index in [0.29, 0.717) is 28.4 Å². The first-order valence-electron chi connectivity index (χ1n) is 11.9. The summed E-state index contributed by atoms with van der Waals surface area (Å²) in [5.41, 5.74) is 12.8. The van der Waals surface area contributed by atoms with E-state index >= 15 is 0 Å². The number of pyridine rings is 1. The third-order valence-electron chi connectivity index (χ3n) is 7.38. The van der Waals surface area contributed by atoms with Crippen molar-refractivity contribution in [2.24, 2.45) is 11.5 Å². The number of fused-ring (bicyclic) bond motifs is 2. The highest BCUT2D eigenvalue weighted by Crippen LogP contribution is 2.38. The minimum absolute atomic E-state index is 0.0602. The molecule has 1 aromatic heterocycles. The van der Waals surface area contributed by atoms with E-state index in [1.54, 1.807) is 24.3 Å². The zero-order chi connectivity index (χ0) is 23.8. The van der Waals surface area contributed by atoms with Gasteiger partial charge in [0, 0.05) is 41.6 Å². The largest absolute Gasteiger partial charge is 0.382 e. The van der Waals surface area contributed by atoms with Gasteiger partial charge in [-0.1, -0.05) is 0 Å². The molecule has 0 radical (unpaired) electrons. The van der Waals surface area contributed by atoms with Crippen LogP contribution in [0, 0.1) is 0 Å². The summed E-state index contributed by atoms with van der Waals surface area (Å²) < 4.78 is 0. The van der Waals surface area contributed by atoms with Crippen LogP contribution in [0.1, 0.15) is 76.0 Å². The molecule has 1 aromatic carbocycles. The molecule has 3 atom stereocenters. The van der Waals surface area contributed by atoms with E-state index in [1.807, 2.05) is 6.07 Å². The second-order valence-electron chi connectivity index (χ2n) is 9.60. The lowest BCUT2D eigenvalue weighted by Gasteiger charge is -2.40. The summed E-state index contributed by atoms with van der Waals surface area (Å²) in [6.07, 6.45) is 8.53. The number of aromatic nitrogens is 1. The third-order valence-corrected chi connectivity index (χ3v) is 7.38. The molecule has 178 valence electrons. The highest BCUT2D eigenvalue weighted by atomic mass is 16.2. The van der Waals surface area contributed by atoms with E-state index in [-0.39, 0.29) is 24.0 Å². The predicted octanol–water partition coefficient (Wildman–Crippen LogP) is 2.17. The van der Waals surface area contributed by atoms with Crippen LogP contribution in [-0.4, -0.2) is 46.9 Å². The molecule has 3 amide bonds. The molecule has 6 N–H and O–H groups in total. The van der Waals surface area contributed by atoms with Crippen molar-refractivity contribution in [3.05, 3.63) is 53.2 Å². The van der Waals surface area contributed by atoms with Gasteiger partial charge in [-0.2, -0.15) is 0 Å². The normalized spacial score (nSPS) is 23.8. The van der Waals surface area contributed by atoms with Crippen molar-refractivity contribution in [2.45, 2.75) is 69.1 Å². The topological polar surface area (TPSA) is 143 Å². The van der Waals surface area contributed by atoms with Gasteiger partial charge in [0.2, 0.25) is 5.91 Å². The smallest absolute Gasteiger partial charge is 0.251 e. The summed E-state index contributed by atoms with van der Waals surface area (Å²) in [6.45, 7) is 0. The summed E-state index contributed by atoms with van der Waals surface area (Å²) in [4.78, 5) is 43.0. The van der Waals surface area contributed by atoms with Gasteiger partial charge in [-0.3, -0.25) is 14.4 Å². The molecule has 1 saturated carbocycles. The Morgan fingerprint density at radius 1 is 0.882 bits per heavy atom. The zero-order valence-electron chi connectivity index (χ0n) is 19.0. The Labute approximate surface area is 198 Å². The number of hydrogen-bond acceptors (Lipinski definition) is 6. The van der Waals surface area contributed by atoms with Crippen LogP contribution in [0.25, 0.3) is 0 Å². The van der Waals surface area contributed by atoms with Gasteiger partial charge in [0.25, 0.3) is 11.8 Å². The number of benzene rings is 1. The van der Waals surface area contributed by atoms with Crippen LogP contribution in [0.2, 0.25) is 0 Å². The number of hydrogen-bond donors (Lipinski definition) is 4. The lowest BCUT2D eigenvalue weighted by Crippen LogP contribution is -2.50. The Morgan fingerprint density at radius 3 is 2.15 bits per heavy atom. The van der Waals surface area contributed by atoms with E-state index in [4.69, 9.17) is 11.5 Å². The maximum absolute atomic E-state index is 13.1. The van der Waals surface area contributed by atoms with E-state index in [1.165, 1.54) is 6.20 Å². The Morgan fingerprint density at radius 2 is 1.59 bits per heavy atom. The van der Waals surface area contributed by atoms with Crippen LogP contribution in [0.5, 0.6) is 0 Å². The first-order valence-corrected chi connectivity index (χ1v) is 11.9.